The lowest BCUT2D eigenvalue weighted by molar-refractivity contribution is -0.141. The summed E-state index contributed by atoms with van der Waals surface area (Å²) in [5.74, 6) is -0.0965. The molecule has 0 spiro atoms. The third-order valence-electron chi connectivity index (χ3n) is 2.08. The van der Waals surface area contributed by atoms with Gasteiger partial charge in [0.05, 0.1) is 20.7 Å². The molecule has 16 heavy (non-hydrogen) atoms. The van der Waals surface area contributed by atoms with Crippen LogP contribution in [0.3, 0.4) is 0 Å². The van der Waals surface area contributed by atoms with E-state index >= 15 is 0 Å². The molecular weight excluding hydrogens is 436 g/mol. The molecule has 4 nitrogen and oxygen atoms in total. The van der Waals surface area contributed by atoms with Crippen LogP contribution in [0.4, 0.5) is 0 Å². The zero-order chi connectivity index (χ0) is 12.3. The molecule has 0 bridgehead atoms. The summed E-state index contributed by atoms with van der Waals surface area (Å²) in [4.78, 5) is 11.1. The fourth-order valence-electron chi connectivity index (χ4n) is 1.18. The summed E-state index contributed by atoms with van der Waals surface area (Å²) in [5.41, 5.74) is 6.69. The van der Waals surface area contributed by atoms with E-state index in [2.05, 4.69) is 4.74 Å². The summed E-state index contributed by atoms with van der Waals surface area (Å²) < 4.78 is 6.00. The van der Waals surface area contributed by atoms with Crippen molar-refractivity contribution in [2.75, 3.05) is 7.11 Å². The number of methoxy groups -OCH3 is 1. The molecule has 1 rings (SSSR count). The third-order valence-corrected chi connectivity index (χ3v) is 3.73. The number of aromatic hydroxyl groups is 1. The molecule has 0 radical (unpaired) electrons. The number of phenols is 1. The van der Waals surface area contributed by atoms with Crippen molar-refractivity contribution in [3.63, 3.8) is 0 Å². The first-order valence-corrected chi connectivity index (χ1v) is 6.61. The van der Waals surface area contributed by atoms with E-state index in [0.29, 0.717) is 0 Å². The Bertz CT molecular complexity index is 386. The molecule has 0 saturated heterocycles. The maximum atomic E-state index is 11.1. The van der Waals surface area contributed by atoms with Gasteiger partial charge in [-0.05, 0) is 62.9 Å². The van der Waals surface area contributed by atoms with Gasteiger partial charge in [-0.3, -0.25) is 4.79 Å². The summed E-state index contributed by atoms with van der Waals surface area (Å²) in [5, 5.41) is 9.59. The van der Waals surface area contributed by atoms with Crippen LogP contribution >= 0.6 is 45.2 Å². The average molecular weight is 447 g/mol. The molecule has 3 N–H and O–H groups in total. The number of ether oxygens (including phenoxy) is 1. The molecule has 6 heteroatoms. The van der Waals surface area contributed by atoms with Gasteiger partial charge in [0.15, 0.2) is 0 Å². The topological polar surface area (TPSA) is 72.5 Å². The van der Waals surface area contributed by atoms with Gasteiger partial charge in [0.1, 0.15) is 5.75 Å². The van der Waals surface area contributed by atoms with E-state index in [4.69, 9.17) is 5.73 Å². The monoisotopic (exact) mass is 447 g/mol. The van der Waals surface area contributed by atoms with E-state index in [1.807, 2.05) is 45.2 Å². The van der Waals surface area contributed by atoms with Crippen molar-refractivity contribution >= 4 is 51.2 Å². The zero-order valence-corrected chi connectivity index (χ0v) is 12.9. The third kappa shape index (κ3) is 3.45. The highest BCUT2D eigenvalue weighted by molar-refractivity contribution is 14.1. The number of rotatable bonds is 3. The molecule has 1 unspecified atom stereocenters. The molecular formula is C10H11I2NO3. The number of carbonyl (C=O) groups excluding carboxylic acids is 1. The Morgan fingerprint density at radius 3 is 2.44 bits per heavy atom. The first-order chi connectivity index (χ1) is 7.45. The Kier molecular flexibility index (Phi) is 5.25. The van der Waals surface area contributed by atoms with E-state index in [1.54, 1.807) is 12.1 Å². The molecule has 0 saturated carbocycles. The second kappa shape index (κ2) is 6.01. The lowest BCUT2D eigenvalue weighted by Gasteiger charge is -2.12. The van der Waals surface area contributed by atoms with Crippen molar-refractivity contribution in [2.45, 2.75) is 12.5 Å². The van der Waals surface area contributed by atoms with Crippen molar-refractivity contribution < 1.29 is 14.6 Å². The van der Waals surface area contributed by atoms with Gasteiger partial charge in [0, 0.05) is 6.04 Å². The fraction of sp³-hybridized carbons (Fsp3) is 0.300. The molecule has 0 fully saturated rings. The number of hydrogen-bond donors (Lipinski definition) is 2. The molecule has 0 aromatic heterocycles. The lowest BCUT2D eigenvalue weighted by Crippen LogP contribution is -2.16. The molecule has 1 aromatic rings. The van der Waals surface area contributed by atoms with Crippen LogP contribution in [-0.2, 0) is 9.53 Å². The van der Waals surface area contributed by atoms with Crippen LogP contribution in [-0.4, -0.2) is 18.2 Å². The maximum Gasteiger partial charge on any atom is 0.307 e. The Morgan fingerprint density at radius 2 is 2.00 bits per heavy atom. The Morgan fingerprint density at radius 1 is 1.50 bits per heavy atom. The van der Waals surface area contributed by atoms with Crippen molar-refractivity contribution in [3.05, 3.63) is 24.8 Å². The number of phenolic OH excluding ortho intramolecular Hbond substituents is 1. The quantitative estimate of drug-likeness (QED) is 0.551. The zero-order valence-electron chi connectivity index (χ0n) is 8.54. The van der Waals surface area contributed by atoms with Crippen LogP contribution in [0.25, 0.3) is 0 Å². The van der Waals surface area contributed by atoms with Crippen molar-refractivity contribution in [1.82, 2.24) is 0 Å². The summed E-state index contributed by atoms with van der Waals surface area (Å²) in [6.07, 6.45) is 0.132. The number of carbonyl (C=O) groups is 1. The summed E-state index contributed by atoms with van der Waals surface area (Å²) in [6, 6.07) is 3.13. The van der Waals surface area contributed by atoms with Crippen molar-refractivity contribution in [3.8, 4) is 5.75 Å². The van der Waals surface area contributed by atoms with Gasteiger partial charge in [0.2, 0.25) is 0 Å². The Labute approximate surface area is 121 Å². The molecule has 0 aliphatic rings. The first kappa shape index (κ1) is 14.0. The van der Waals surface area contributed by atoms with Crippen LogP contribution in [0, 0.1) is 7.14 Å². The van der Waals surface area contributed by atoms with Crippen molar-refractivity contribution in [1.29, 1.82) is 0 Å². The van der Waals surface area contributed by atoms with E-state index in [-0.39, 0.29) is 18.1 Å². The molecule has 1 atom stereocenters. The smallest absolute Gasteiger partial charge is 0.307 e. The average Bonchev–Trinajstić information content (AvgIpc) is 2.24. The Hall–Kier alpha value is -0.0900. The fourth-order valence-corrected chi connectivity index (χ4v) is 3.00. The molecule has 0 heterocycles. The highest BCUT2D eigenvalue weighted by Gasteiger charge is 2.15. The molecule has 88 valence electrons. The molecule has 1 aromatic carbocycles. The van der Waals surface area contributed by atoms with Crippen LogP contribution < -0.4 is 5.73 Å². The van der Waals surface area contributed by atoms with Gasteiger partial charge < -0.3 is 15.6 Å². The van der Waals surface area contributed by atoms with E-state index in [9.17, 15) is 9.90 Å². The van der Waals surface area contributed by atoms with Crippen LogP contribution in [0.2, 0.25) is 0 Å². The minimum atomic E-state index is -0.407. The van der Waals surface area contributed by atoms with Gasteiger partial charge >= 0.3 is 5.97 Å². The van der Waals surface area contributed by atoms with Gasteiger partial charge in [-0.2, -0.15) is 0 Å². The second-order valence-corrected chi connectivity index (χ2v) is 5.54. The van der Waals surface area contributed by atoms with Crippen LogP contribution in [0.5, 0.6) is 5.75 Å². The highest BCUT2D eigenvalue weighted by Crippen LogP contribution is 2.29. The van der Waals surface area contributed by atoms with Gasteiger partial charge in [0.25, 0.3) is 0 Å². The number of halogens is 2. The normalized spacial score (nSPS) is 12.2. The minimum Gasteiger partial charge on any atom is -0.506 e. The number of esters is 1. The van der Waals surface area contributed by atoms with Gasteiger partial charge in [-0.15, -0.1) is 0 Å². The molecule has 0 amide bonds. The number of benzene rings is 1. The minimum absolute atomic E-state index is 0.132. The lowest BCUT2D eigenvalue weighted by atomic mass is 10.0. The van der Waals surface area contributed by atoms with Crippen LogP contribution in [0.1, 0.15) is 18.0 Å². The predicted molar refractivity (Wildman–Crippen MR) is 77.1 cm³/mol. The van der Waals surface area contributed by atoms with E-state index in [1.165, 1.54) is 7.11 Å². The van der Waals surface area contributed by atoms with Crippen LogP contribution in [0.15, 0.2) is 12.1 Å². The largest absolute Gasteiger partial charge is 0.506 e. The molecule has 0 aliphatic carbocycles. The number of hydrogen-bond acceptors (Lipinski definition) is 4. The number of nitrogens with two attached hydrogens (primary N) is 1. The Balaban J connectivity index is 2.92. The molecule has 0 aliphatic heterocycles. The highest BCUT2D eigenvalue weighted by atomic mass is 127. The summed E-state index contributed by atoms with van der Waals surface area (Å²) >= 11 is 4.05. The second-order valence-electron chi connectivity index (χ2n) is 3.22. The predicted octanol–water partition coefficient (Wildman–Crippen LogP) is 2.16. The van der Waals surface area contributed by atoms with Crippen molar-refractivity contribution in [2.24, 2.45) is 5.73 Å². The van der Waals surface area contributed by atoms with Gasteiger partial charge in [-0.1, -0.05) is 0 Å². The first-order valence-electron chi connectivity index (χ1n) is 4.46. The van der Waals surface area contributed by atoms with E-state index in [0.717, 1.165) is 12.7 Å². The maximum absolute atomic E-state index is 11.1. The standard InChI is InChI=1S/C10H11I2NO3/c1-16-9(14)4-8(13)5-2-6(11)10(15)7(12)3-5/h2-3,8,15H,4,13H2,1H3. The SMILES string of the molecule is COC(=O)CC(N)c1cc(I)c(O)c(I)c1. The van der Waals surface area contributed by atoms with E-state index < -0.39 is 6.04 Å². The van der Waals surface area contributed by atoms with Gasteiger partial charge in [-0.25, -0.2) is 0 Å². The summed E-state index contributed by atoms with van der Waals surface area (Å²) in [6.45, 7) is 0. The summed E-state index contributed by atoms with van der Waals surface area (Å²) in [7, 11) is 1.33.